The fourth-order valence-electron chi connectivity index (χ4n) is 3.05. The molecule has 0 aromatic rings. The number of nitrogens with one attached hydrogen (secondary N) is 3. The van der Waals surface area contributed by atoms with E-state index in [1.54, 1.807) is 13.8 Å². The zero-order chi connectivity index (χ0) is 27.8. The Kier molecular flexibility index (Phi) is 15.9. The number of amides is 4. The molecule has 5 atom stereocenters. The lowest BCUT2D eigenvalue weighted by molar-refractivity contribution is -0.144. The molecular weight excluding hydrogens is 492 g/mol. The van der Waals surface area contributed by atoms with E-state index >= 15 is 0 Å². The first kappa shape index (κ1) is 32.9. The van der Waals surface area contributed by atoms with Gasteiger partial charge in [0.05, 0.1) is 12.5 Å². The number of nitrogens with two attached hydrogens (primary N) is 4. The van der Waals surface area contributed by atoms with Crippen LogP contribution in [0.5, 0.6) is 0 Å². The SMILES string of the molecule is CCC(C)C(NC(=O)C(CCSC)NC(=O)C(N)CCCN=C(N)N)C(=O)NC(CC(N)=O)C(=O)O. The van der Waals surface area contributed by atoms with Crippen molar-refractivity contribution in [2.24, 2.45) is 33.8 Å². The van der Waals surface area contributed by atoms with Crippen molar-refractivity contribution in [3.05, 3.63) is 0 Å². The number of carbonyl (C=O) groups is 5. The highest BCUT2D eigenvalue weighted by Gasteiger charge is 2.33. The number of nitrogens with zero attached hydrogens (tertiary/aromatic N) is 1. The molecule has 0 aliphatic heterocycles. The monoisotopic (exact) mass is 532 g/mol. The standard InChI is InChI=1S/C21H40N8O6S/c1-4-11(2)16(19(33)28-14(20(34)35)10-15(23)30)29-18(32)13(7-9-36-3)27-17(31)12(22)6-5-8-26-21(24)25/h11-14,16H,4-10,22H2,1-3H3,(H2,23,30)(H,27,31)(H,28,33)(H,29,32)(H,34,35)(H4,24,25,26). The fourth-order valence-corrected chi connectivity index (χ4v) is 3.52. The average Bonchev–Trinajstić information content (AvgIpc) is 2.80. The third kappa shape index (κ3) is 13.1. The van der Waals surface area contributed by atoms with Crippen LogP contribution in [0.1, 0.15) is 46.0 Å². The number of aliphatic carboxylic acids is 1. The minimum absolute atomic E-state index is 0.0639. The summed E-state index contributed by atoms with van der Waals surface area (Å²) in [6.45, 7) is 3.80. The molecule has 4 amide bonds. The van der Waals surface area contributed by atoms with Crippen molar-refractivity contribution in [1.29, 1.82) is 0 Å². The molecule has 14 nitrogen and oxygen atoms in total. The molecular formula is C21H40N8O6S. The van der Waals surface area contributed by atoms with Gasteiger partial charge in [0, 0.05) is 6.54 Å². The van der Waals surface area contributed by atoms with E-state index in [9.17, 15) is 29.1 Å². The Morgan fingerprint density at radius 2 is 1.56 bits per heavy atom. The van der Waals surface area contributed by atoms with Crippen molar-refractivity contribution in [1.82, 2.24) is 16.0 Å². The van der Waals surface area contributed by atoms with Gasteiger partial charge in [-0.15, -0.1) is 0 Å². The van der Waals surface area contributed by atoms with Gasteiger partial charge in [-0.3, -0.25) is 24.2 Å². The van der Waals surface area contributed by atoms with Gasteiger partial charge in [-0.2, -0.15) is 11.8 Å². The van der Waals surface area contributed by atoms with Crippen LogP contribution in [0, 0.1) is 5.92 Å². The second-order valence-corrected chi connectivity index (χ2v) is 9.33. The van der Waals surface area contributed by atoms with E-state index in [1.165, 1.54) is 11.8 Å². The summed E-state index contributed by atoms with van der Waals surface area (Å²) in [4.78, 5) is 64.9. The van der Waals surface area contributed by atoms with Gasteiger partial charge >= 0.3 is 5.97 Å². The molecule has 15 heteroatoms. The van der Waals surface area contributed by atoms with E-state index in [4.69, 9.17) is 22.9 Å². The van der Waals surface area contributed by atoms with Crippen LogP contribution in [0.3, 0.4) is 0 Å². The summed E-state index contributed by atoms with van der Waals surface area (Å²) >= 11 is 1.47. The molecule has 0 saturated carbocycles. The molecule has 0 spiro atoms. The van der Waals surface area contributed by atoms with Gasteiger partial charge in [0.2, 0.25) is 23.6 Å². The molecule has 0 aromatic heterocycles. The van der Waals surface area contributed by atoms with Crippen LogP contribution in [-0.4, -0.2) is 83.4 Å². The summed E-state index contributed by atoms with van der Waals surface area (Å²) in [7, 11) is 0. The number of carboxylic acid groups (broad SMARTS) is 1. The van der Waals surface area contributed by atoms with Crippen LogP contribution in [-0.2, 0) is 24.0 Å². The predicted molar refractivity (Wildman–Crippen MR) is 138 cm³/mol. The number of rotatable bonds is 18. The van der Waals surface area contributed by atoms with Crippen molar-refractivity contribution in [3.63, 3.8) is 0 Å². The van der Waals surface area contributed by atoms with Gasteiger partial charge in [0.1, 0.15) is 18.1 Å². The first-order valence-corrected chi connectivity index (χ1v) is 12.9. The van der Waals surface area contributed by atoms with Crippen LogP contribution in [0.2, 0.25) is 0 Å². The van der Waals surface area contributed by atoms with Crippen LogP contribution in [0.25, 0.3) is 0 Å². The molecule has 36 heavy (non-hydrogen) atoms. The van der Waals surface area contributed by atoms with Gasteiger partial charge in [-0.05, 0) is 37.2 Å². The van der Waals surface area contributed by atoms with E-state index in [2.05, 4.69) is 20.9 Å². The lowest BCUT2D eigenvalue weighted by atomic mass is 9.97. The highest BCUT2D eigenvalue weighted by Crippen LogP contribution is 2.11. The summed E-state index contributed by atoms with van der Waals surface area (Å²) in [5.74, 6) is -4.19. The lowest BCUT2D eigenvalue weighted by Crippen LogP contribution is -2.59. The first-order chi connectivity index (χ1) is 16.8. The smallest absolute Gasteiger partial charge is 0.326 e. The van der Waals surface area contributed by atoms with Gasteiger partial charge < -0.3 is 44.0 Å². The number of carbonyl (C=O) groups excluding carboxylic acids is 4. The Balaban J connectivity index is 5.43. The van der Waals surface area contributed by atoms with Gasteiger partial charge in [0.25, 0.3) is 0 Å². The largest absolute Gasteiger partial charge is 0.480 e. The Morgan fingerprint density at radius 1 is 0.944 bits per heavy atom. The third-order valence-electron chi connectivity index (χ3n) is 5.36. The van der Waals surface area contributed by atoms with Crippen LogP contribution < -0.4 is 38.9 Å². The molecule has 0 aliphatic carbocycles. The number of aliphatic imine (C=N–C) groups is 1. The molecule has 0 fully saturated rings. The third-order valence-corrected chi connectivity index (χ3v) is 6.01. The van der Waals surface area contributed by atoms with Gasteiger partial charge in [0.15, 0.2) is 5.96 Å². The maximum Gasteiger partial charge on any atom is 0.326 e. The fraction of sp³-hybridized carbons (Fsp3) is 0.714. The van der Waals surface area contributed by atoms with Crippen molar-refractivity contribution < 1.29 is 29.1 Å². The maximum atomic E-state index is 13.1. The molecule has 12 N–H and O–H groups in total. The first-order valence-electron chi connectivity index (χ1n) is 11.6. The minimum Gasteiger partial charge on any atom is -0.480 e. The topological polar surface area (TPSA) is 258 Å². The van der Waals surface area contributed by atoms with Crippen molar-refractivity contribution in [3.8, 4) is 0 Å². The normalized spacial score (nSPS) is 14.9. The minimum atomic E-state index is -1.54. The number of guanidine groups is 1. The zero-order valence-electron chi connectivity index (χ0n) is 21.0. The number of thioether (sulfide) groups is 1. The molecule has 0 bridgehead atoms. The van der Waals surface area contributed by atoms with Crippen LogP contribution in [0.15, 0.2) is 4.99 Å². The molecule has 206 valence electrons. The van der Waals surface area contributed by atoms with Crippen LogP contribution in [0.4, 0.5) is 0 Å². The molecule has 0 aliphatic rings. The van der Waals surface area contributed by atoms with Crippen molar-refractivity contribution in [2.75, 3.05) is 18.6 Å². The second-order valence-electron chi connectivity index (χ2n) is 8.34. The summed E-state index contributed by atoms with van der Waals surface area (Å²) in [5.41, 5.74) is 21.5. The number of primary amides is 1. The molecule has 0 rings (SSSR count). The Hall–Kier alpha value is -3.07. The van der Waals surface area contributed by atoms with E-state index in [1.807, 2.05) is 6.26 Å². The molecule has 0 radical (unpaired) electrons. The van der Waals surface area contributed by atoms with E-state index in [-0.39, 0.29) is 24.7 Å². The Bertz CT molecular complexity index is 792. The van der Waals surface area contributed by atoms with E-state index in [0.717, 1.165) is 0 Å². The number of carboxylic acids is 1. The highest BCUT2D eigenvalue weighted by atomic mass is 32.2. The highest BCUT2D eigenvalue weighted by molar-refractivity contribution is 7.98. The molecule has 0 aromatic carbocycles. The van der Waals surface area contributed by atoms with E-state index < -0.39 is 60.2 Å². The Labute approximate surface area is 215 Å². The average molecular weight is 533 g/mol. The maximum absolute atomic E-state index is 13.1. The summed E-state index contributed by atoms with van der Waals surface area (Å²) in [6.07, 6.45) is 2.73. The molecule has 0 saturated heterocycles. The Morgan fingerprint density at radius 3 is 2.06 bits per heavy atom. The quantitative estimate of drug-likeness (QED) is 0.0526. The predicted octanol–water partition coefficient (Wildman–Crippen LogP) is -2.42. The van der Waals surface area contributed by atoms with Gasteiger partial charge in [-0.25, -0.2) is 4.79 Å². The van der Waals surface area contributed by atoms with Gasteiger partial charge in [-0.1, -0.05) is 20.3 Å². The molecule has 0 heterocycles. The zero-order valence-corrected chi connectivity index (χ0v) is 21.8. The van der Waals surface area contributed by atoms with Crippen molar-refractivity contribution >= 4 is 47.3 Å². The van der Waals surface area contributed by atoms with E-state index in [0.29, 0.717) is 25.1 Å². The summed E-state index contributed by atoms with van der Waals surface area (Å²) < 4.78 is 0. The molecule has 5 unspecified atom stereocenters. The van der Waals surface area contributed by atoms with Crippen molar-refractivity contribution in [2.45, 2.75) is 70.1 Å². The number of hydrogen-bond donors (Lipinski definition) is 8. The second kappa shape index (κ2) is 17.4. The lowest BCUT2D eigenvalue weighted by Gasteiger charge is -2.28. The number of hydrogen-bond acceptors (Lipinski definition) is 8. The summed E-state index contributed by atoms with van der Waals surface area (Å²) in [5, 5.41) is 16.8. The summed E-state index contributed by atoms with van der Waals surface area (Å²) in [6, 6.07) is -4.53. The van der Waals surface area contributed by atoms with Crippen LogP contribution >= 0.6 is 11.8 Å².